The molecule has 0 spiro atoms. The number of rotatable bonds is 10. The largest absolute Gasteiger partial charge is 0.475 e. The first-order valence-electron chi connectivity index (χ1n) is 12.5. The molecule has 0 aromatic carbocycles. The molecule has 1 N–H and O–H groups in total. The summed E-state index contributed by atoms with van der Waals surface area (Å²) in [6, 6.07) is 2.52. The van der Waals surface area contributed by atoms with E-state index >= 15 is 0 Å². The maximum absolute atomic E-state index is 14.1. The lowest BCUT2D eigenvalue weighted by molar-refractivity contribution is -0.124. The van der Waals surface area contributed by atoms with Gasteiger partial charge in [0, 0.05) is 34.0 Å². The van der Waals surface area contributed by atoms with E-state index in [1.165, 1.54) is 21.1 Å². The summed E-state index contributed by atoms with van der Waals surface area (Å²) in [6.07, 6.45) is 2.66. The summed E-state index contributed by atoms with van der Waals surface area (Å²) >= 11 is 0. The predicted molar refractivity (Wildman–Crippen MR) is 142 cm³/mol. The van der Waals surface area contributed by atoms with Gasteiger partial charge in [-0.15, -0.1) is 0 Å². The Morgan fingerprint density at radius 1 is 1.27 bits per heavy atom. The van der Waals surface area contributed by atoms with Crippen LogP contribution < -0.4 is 4.90 Å². The Morgan fingerprint density at radius 3 is 2.46 bits per heavy atom. The van der Waals surface area contributed by atoms with Gasteiger partial charge in [0.25, 0.3) is 0 Å². The Labute approximate surface area is 219 Å². The number of carboxylic acids is 1. The summed E-state index contributed by atoms with van der Waals surface area (Å²) in [5.41, 5.74) is 0.353. The molecule has 2 saturated heterocycles. The van der Waals surface area contributed by atoms with Crippen molar-refractivity contribution in [3.63, 3.8) is 0 Å². The first-order chi connectivity index (χ1) is 17.2. The van der Waals surface area contributed by atoms with E-state index in [0.29, 0.717) is 30.9 Å². The molecule has 37 heavy (non-hydrogen) atoms. The van der Waals surface area contributed by atoms with Crippen LogP contribution in [-0.2, 0) is 24.2 Å². The number of carboxylic acid groups (broad SMARTS) is 1. The van der Waals surface area contributed by atoms with Gasteiger partial charge in [0.15, 0.2) is 0 Å². The number of fused-ring (bicyclic) bond motifs is 1. The monoisotopic (exact) mass is 554 g/mol. The Kier molecular flexibility index (Phi) is 7.77. The van der Waals surface area contributed by atoms with Crippen LogP contribution in [-0.4, -0.2) is 98.6 Å². The number of aromatic carboxylic acids is 1. The molecule has 4 heterocycles. The van der Waals surface area contributed by atoms with E-state index in [4.69, 9.17) is 14.2 Å². The smallest absolute Gasteiger partial charge is 0.372 e. The van der Waals surface area contributed by atoms with Gasteiger partial charge in [-0.25, -0.2) is 18.2 Å². The first-order valence-corrected chi connectivity index (χ1v) is 17.7. The predicted octanol–water partition coefficient (Wildman–Crippen LogP) is 2.74. The summed E-state index contributed by atoms with van der Waals surface area (Å²) in [7, 11) is -5.45. The van der Waals surface area contributed by atoms with E-state index in [9.17, 15) is 18.3 Å². The van der Waals surface area contributed by atoms with Gasteiger partial charge in [0.05, 0.1) is 48.4 Å². The molecule has 0 unspecified atom stereocenters. The number of carbonyl (C=O) groups is 1. The molecule has 0 amide bonds. The molecule has 4 rings (SSSR count). The average Bonchev–Trinajstić information content (AvgIpc) is 3.19. The Bertz CT molecular complexity index is 1250. The fourth-order valence-electron chi connectivity index (χ4n) is 4.69. The summed E-state index contributed by atoms with van der Waals surface area (Å²) in [5.74, 6) is -1.49. The summed E-state index contributed by atoms with van der Waals surface area (Å²) in [6.45, 7) is 14.4. The minimum atomic E-state index is -4.10. The van der Waals surface area contributed by atoms with Crippen LogP contribution in [0.5, 0.6) is 0 Å². The minimum absolute atomic E-state index is 0.0239. The van der Waals surface area contributed by atoms with Crippen molar-refractivity contribution in [2.45, 2.75) is 69.1 Å². The second kappa shape index (κ2) is 10.3. The second-order valence-corrected chi connectivity index (χ2v) is 19.0. The van der Waals surface area contributed by atoms with Crippen LogP contribution in [0.25, 0.3) is 5.52 Å². The molecule has 13 heteroatoms. The van der Waals surface area contributed by atoms with Crippen LogP contribution in [0.2, 0.25) is 25.7 Å². The number of anilines is 1. The molecule has 2 aliphatic rings. The van der Waals surface area contributed by atoms with Gasteiger partial charge in [-0.3, -0.25) is 4.40 Å². The fraction of sp³-hybridized carbons (Fsp3) is 0.667. The number of morpholine rings is 1. The maximum Gasteiger partial charge on any atom is 0.372 e. The van der Waals surface area contributed by atoms with E-state index in [2.05, 4.69) is 24.6 Å². The molecule has 2 aliphatic heterocycles. The zero-order chi connectivity index (χ0) is 27.2. The first kappa shape index (κ1) is 28.0. The third-order valence-electron chi connectivity index (χ3n) is 6.77. The molecule has 206 valence electrons. The van der Waals surface area contributed by atoms with Crippen LogP contribution >= 0.6 is 0 Å². The van der Waals surface area contributed by atoms with E-state index < -0.39 is 29.6 Å². The molecule has 0 radical (unpaired) electrons. The maximum atomic E-state index is 14.1. The number of hydrogen-bond acceptors (Lipinski definition) is 8. The van der Waals surface area contributed by atoms with Gasteiger partial charge >= 0.3 is 5.97 Å². The van der Waals surface area contributed by atoms with E-state index in [-0.39, 0.29) is 42.9 Å². The lowest BCUT2D eigenvalue weighted by Crippen LogP contribution is -2.62. The van der Waals surface area contributed by atoms with Crippen LogP contribution in [0.3, 0.4) is 0 Å². The molecule has 2 atom stereocenters. The highest BCUT2D eigenvalue weighted by molar-refractivity contribution is 7.89. The van der Waals surface area contributed by atoms with Crippen LogP contribution in [0.15, 0.2) is 23.4 Å². The lowest BCUT2D eigenvalue weighted by Gasteiger charge is -2.45. The summed E-state index contributed by atoms with van der Waals surface area (Å²) in [5, 5.41) is 9.74. The summed E-state index contributed by atoms with van der Waals surface area (Å²) < 4.78 is 48.1. The van der Waals surface area contributed by atoms with Crippen molar-refractivity contribution in [2.24, 2.45) is 0 Å². The number of sulfonamides is 1. The average molecular weight is 555 g/mol. The second-order valence-electron chi connectivity index (χ2n) is 11.6. The topological polar surface area (TPSA) is 123 Å². The van der Waals surface area contributed by atoms with Crippen molar-refractivity contribution in [1.82, 2.24) is 13.7 Å². The quantitative estimate of drug-likeness (QED) is 0.268. The van der Waals surface area contributed by atoms with Gasteiger partial charge in [0.2, 0.25) is 15.8 Å². The lowest BCUT2D eigenvalue weighted by atomic mass is 10.0. The molecule has 0 aliphatic carbocycles. The molecule has 2 aromatic rings. The van der Waals surface area contributed by atoms with E-state index in [1.54, 1.807) is 6.07 Å². The van der Waals surface area contributed by atoms with E-state index in [0.717, 1.165) is 6.04 Å². The van der Waals surface area contributed by atoms with Gasteiger partial charge < -0.3 is 24.2 Å². The fourth-order valence-corrected chi connectivity index (χ4v) is 7.10. The Balaban J connectivity index is 1.77. The van der Waals surface area contributed by atoms with Crippen LogP contribution in [0, 0.1) is 0 Å². The SMILES string of the molecule is C[C@H]1CN(c2cc(S(=O)(=O)N(COCC[Si](C)(C)C)C3(C)COC3)cn3c(C(=O)O)ncc23)C[C@H](C)O1. The normalized spacial score (nSPS) is 22.4. The van der Waals surface area contributed by atoms with Crippen molar-refractivity contribution in [3.05, 3.63) is 24.3 Å². The molecular weight excluding hydrogens is 516 g/mol. The summed E-state index contributed by atoms with van der Waals surface area (Å²) in [4.78, 5) is 18.0. The molecule has 0 bridgehead atoms. The van der Waals surface area contributed by atoms with Gasteiger partial charge in [-0.2, -0.15) is 4.31 Å². The highest BCUT2D eigenvalue weighted by Crippen LogP contribution is 2.34. The molecule has 2 aromatic heterocycles. The van der Waals surface area contributed by atoms with Crippen LogP contribution in [0.4, 0.5) is 5.69 Å². The molecule has 0 saturated carbocycles. The number of ether oxygens (including phenoxy) is 3. The van der Waals surface area contributed by atoms with Gasteiger partial charge in [-0.1, -0.05) is 19.6 Å². The molecule has 2 fully saturated rings. The number of aromatic nitrogens is 2. The van der Waals surface area contributed by atoms with Crippen molar-refractivity contribution < 1.29 is 32.5 Å². The van der Waals surface area contributed by atoms with Crippen molar-refractivity contribution in [3.8, 4) is 0 Å². The standard InChI is InChI=1S/C24H38N4O7SSi/c1-17-11-26(12-18(2)35-17)20-9-19(13-27-21(20)10-25-22(27)23(29)30)36(31,32)28(24(3)14-34-15-24)16-33-7-8-37(4,5)6/h9-10,13,17-18H,7-8,11-12,14-16H2,1-6H3,(H,29,30)/t17-,18-/m0/s1. The minimum Gasteiger partial charge on any atom is -0.475 e. The van der Waals surface area contributed by atoms with Crippen molar-refractivity contribution >= 4 is 35.3 Å². The van der Waals surface area contributed by atoms with Gasteiger partial charge in [-0.05, 0) is 32.9 Å². The van der Waals surface area contributed by atoms with Crippen molar-refractivity contribution in [1.29, 1.82) is 0 Å². The van der Waals surface area contributed by atoms with Crippen molar-refractivity contribution in [2.75, 3.05) is 44.5 Å². The third-order valence-corrected chi connectivity index (χ3v) is 10.4. The number of pyridine rings is 1. The van der Waals surface area contributed by atoms with Gasteiger partial charge in [0.1, 0.15) is 11.6 Å². The molecular formula is C24H38N4O7SSi. The van der Waals surface area contributed by atoms with Crippen LogP contribution in [0.1, 0.15) is 31.4 Å². The highest BCUT2D eigenvalue weighted by Gasteiger charge is 2.47. The Hall–Kier alpha value is -2.03. The number of nitrogens with zero attached hydrogens (tertiary/aromatic N) is 4. The third kappa shape index (κ3) is 5.86. The zero-order valence-corrected chi connectivity index (χ0v) is 24.2. The highest BCUT2D eigenvalue weighted by atomic mass is 32.2. The zero-order valence-electron chi connectivity index (χ0n) is 22.4. The number of hydrogen-bond donors (Lipinski definition) is 1. The number of imidazole rings is 1. The van der Waals surface area contributed by atoms with E-state index in [1.807, 2.05) is 25.7 Å². The Morgan fingerprint density at radius 2 is 1.92 bits per heavy atom. The molecule has 11 nitrogen and oxygen atoms in total.